The van der Waals surface area contributed by atoms with Crippen LogP contribution in [0.2, 0.25) is 0 Å². The fourth-order valence-electron chi connectivity index (χ4n) is 2.41. The molecular weight excluding hydrogens is 355 g/mol. The number of nitrogens with zero attached hydrogens (tertiary/aromatic N) is 1. The molecule has 0 amide bonds. The summed E-state index contributed by atoms with van der Waals surface area (Å²) in [6, 6.07) is 13.7. The Morgan fingerprint density at radius 3 is 2.42 bits per heavy atom. The molecule has 0 aliphatic rings. The van der Waals surface area contributed by atoms with E-state index in [2.05, 4.69) is 10.3 Å². The first kappa shape index (κ1) is 18.1. The smallest absolute Gasteiger partial charge is 0.233 e. The second-order valence-corrected chi connectivity index (χ2v) is 7.62. The van der Waals surface area contributed by atoms with Crippen molar-refractivity contribution in [3.63, 3.8) is 0 Å². The molecule has 0 bridgehead atoms. The Morgan fingerprint density at radius 1 is 1.08 bits per heavy atom. The van der Waals surface area contributed by atoms with Crippen LogP contribution in [0.4, 0.5) is 10.3 Å². The quantitative estimate of drug-likeness (QED) is 0.486. The molecule has 0 aliphatic heterocycles. The van der Waals surface area contributed by atoms with Gasteiger partial charge in [-0.05, 0) is 42.8 Å². The Hall–Kier alpha value is -2.67. The highest BCUT2D eigenvalue weighted by atomic mass is 32.2. The van der Waals surface area contributed by atoms with Crippen LogP contribution in [0.15, 0.2) is 68.9 Å². The van der Waals surface area contributed by atoms with E-state index in [1.165, 1.54) is 12.1 Å². The summed E-state index contributed by atoms with van der Waals surface area (Å²) < 4.78 is 44.8. The lowest BCUT2D eigenvalue weighted by atomic mass is 10.2. The van der Waals surface area contributed by atoms with Crippen molar-refractivity contribution in [2.24, 2.45) is 0 Å². The molecule has 0 unspecified atom stereocenters. The summed E-state index contributed by atoms with van der Waals surface area (Å²) in [4.78, 5) is 4.18. The summed E-state index contributed by atoms with van der Waals surface area (Å²) in [7, 11) is -3.94. The summed E-state index contributed by atoms with van der Waals surface area (Å²) in [5, 5.41) is 2.81. The van der Waals surface area contributed by atoms with Crippen molar-refractivity contribution in [3.05, 3.63) is 60.4 Å². The maximum absolute atomic E-state index is 13.1. The molecular formula is C19H19FN2O3S. The minimum atomic E-state index is -3.94. The molecule has 0 aliphatic carbocycles. The van der Waals surface area contributed by atoms with Gasteiger partial charge in [0.05, 0.1) is 4.90 Å². The topological polar surface area (TPSA) is 72.2 Å². The third-order valence-corrected chi connectivity index (χ3v) is 5.49. The highest BCUT2D eigenvalue weighted by Gasteiger charge is 2.28. The molecule has 0 saturated carbocycles. The average molecular weight is 374 g/mol. The molecule has 0 radical (unpaired) electrons. The maximum atomic E-state index is 13.1. The zero-order valence-corrected chi connectivity index (χ0v) is 15.1. The molecule has 1 heterocycles. The first-order valence-corrected chi connectivity index (χ1v) is 9.81. The Labute approximate surface area is 151 Å². The highest BCUT2D eigenvalue weighted by molar-refractivity contribution is 7.91. The predicted molar refractivity (Wildman–Crippen MR) is 97.2 cm³/mol. The predicted octanol–water partition coefficient (Wildman–Crippen LogP) is 4.53. The number of nitrogens with one attached hydrogen (secondary N) is 1. The van der Waals surface area contributed by atoms with E-state index in [0.29, 0.717) is 12.1 Å². The van der Waals surface area contributed by atoms with Gasteiger partial charge in [0, 0.05) is 12.1 Å². The van der Waals surface area contributed by atoms with Gasteiger partial charge in [0.15, 0.2) is 0 Å². The molecule has 1 N–H and O–H groups in total. The summed E-state index contributed by atoms with van der Waals surface area (Å²) >= 11 is 0. The molecule has 0 fully saturated rings. The fourth-order valence-corrected chi connectivity index (χ4v) is 3.69. The number of hydrogen-bond acceptors (Lipinski definition) is 5. The number of hydrogen-bond donors (Lipinski definition) is 1. The lowest BCUT2D eigenvalue weighted by Gasteiger charge is -2.05. The number of aromatic nitrogens is 1. The SMILES string of the molecule is CCCCNc1oc(-c2ccccc2)nc1S(=O)(=O)c1ccc(F)cc1. The zero-order chi connectivity index (χ0) is 18.6. The number of sulfone groups is 1. The minimum absolute atomic E-state index is 0.0367. The van der Waals surface area contributed by atoms with Gasteiger partial charge in [-0.1, -0.05) is 31.5 Å². The van der Waals surface area contributed by atoms with Crippen LogP contribution >= 0.6 is 0 Å². The van der Waals surface area contributed by atoms with Crippen LogP contribution in [0.5, 0.6) is 0 Å². The van der Waals surface area contributed by atoms with Crippen LogP contribution in [0.1, 0.15) is 19.8 Å². The Kier molecular flexibility index (Phi) is 5.37. The fraction of sp³-hybridized carbons (Fsp3) is 0.211. The number of anilines is 1. The van der Waals surface area contributed by atoms with Crippen LogP contribution in [-0.2, 0) is 9.84 Å². The molecule has 0 spiro atoms. The Morgan fingerprint density at radius 2 is 1.77 bits per heavy atom. The van der Waals surface area contributed by atoms with Gasteiger partial charge in [0.25, 0.3) is 0 Å². The van der Waals surface area contributed by atoms with Gasteiger partial charge in [-0.15, -0.1) is 0 Å². The van der Waals surface area contributed by atoms with Crippen molar-refractivity contribution in [1.29, 1.82) is 0 Å². The second-order valence-electron chi connectivity index (χ2n) is 5.76. The van der Waals surface area contributed by atoms with Crippen LogP contribution < -0.4 is 5.32 Å². The first-order valence-electron chi connectivity index (χ1n) is 8.33. The van der Waals surface area contributed by atoms with E-state index in [0.717, 1.165) is 25.0 Å². The largest absolute Gasteiger partial charge is 0.419 e. The highest BCUT2D eigenvalue weighted by Crippen LogP contribution is 2.32. The summed E-state index contributed by atoms with van der Waals surface area (Å²) in [5.41, 5.74) is 0.673. The number of oxazole rings is 1. The van der Waals surface area contributed by atoms with E-state index < -0.39 is 15.7 Å². The van der Waals surface area contributed by atoms with E-state index in [4.69, 9.17) is 4.42 Å². The molecule has 2 aromatic carbocycles. The van der Waals surface area contributed by atoms with E-state index in [1.54, 1.807) is 12.1 Å². The summed E-state index contributed by atoms with van der Waals surface area (Å²) in [6.07, 6.45) is 1.81. The standard InChI is InChI=1S/C19H19FN2O3S/c1-2-3-13-21-18-19(22-17(25-18)14-7-5-4-6-8-14)26(23,24)16-11-9-15(20)10-12-16/h4-12,21H,2-3,13H2,1H3. The van der Waals surface area contributed by atoms with E-state index in [-0.39, 0.29) is 21.7 Å². The number of halogens is 1. The average Bonchev–Trinajstić information content (AvgIpc) is 3.08. The second kappa shape index (κ2) is 7.70. The van der Waals surface area contributed by atoms with Gasteiger partial charge in [-0.25, -0.2) is 12.8 Å². The molecule has 3 aromatic rings. The number of unbranched alkanes of at least 4 members (excludes halogenated alkanes) is 1. The van der Waals surface area contributed by atoms with E-state index >= 15 is 0 Å². The van der Waals surface area contributed by atoms with Crippen molar-refractivity contribution in [2.75, 3.05) is 11.9 Å². The van der Waals surface area contributed by atoms with Gasteiger partial charge in [-0.3, -0.25) is 0 Å². The molecule has 1 aromatic heterocycles. The van der Waals surface area contributed by atoms with Crippen LogP contribution in [0.25, 0.3) is 11.5 Å². The van der Waals surface area contributed by atoms with Gasteiger partial charge in [0.1, 0.15) is 5.82 Å². The van der Waals surface area contributed by atoms with Crippen molar-refractivity contribution in [1.82, 2.24) is 4.98 Å². The van der Waals surface area contributed by atoms with E-state index in [1.807, 2.05) is 25.1 Å². The van der Waals surface area contributed by atoms with Gasteiger partial charge in [-0.2, -0.15) is 4.98 Å². The summed E-state index contributed by atoms with van der Waals surface area (Å²) in [5.74, 6) is -0.192. The van der Waals surface area contributed by atoms with Gasteiger partial charge >= 0.3 is 0 Å². The lowest BCUT2D eigenvalue weighted by Crippen LogP contribution is -2.08. The van der Waals surface area contributed by atoms with Gasteiger partial charge < -0.3 is 9.73 Å². The van der Waals surface area contributed by atoms with Crippen molar-refractivity contribution >= 4 is 15.7 Å². The van der Waals surface area contributed by atoms with Crippen LogP contribution in [0, 0.1) is 5.82 Å². The number of rotatable bonds is 7. The molecule has 0 saturated heterocycles. The third kappa shape index (κ3) is 3.77. The van der Waals surface area contributed by atoms with Gasteiger partial charge in [0.2, 0.25) is 26.6 Å². The molecule has 26 heavy (non-hydrogen) atoms. The first-order chi connectivity index (χ1) is 12.5. The van der Waals surface area contributed by atoms with Crippen molar-refractivity contribution < 1.29 is 17.2 Å². The molecule has 5 nitrogen and oxygen atoms in total. The normalized spacial score (nSPS) is 11.5. The Bertz CT molecular complexity index is 968. The molecule has 7 heteroatoms. The van der Waals surface area contributed by atoms with Crippen LogP contribution in [-0.4, -0.2) is 19.9 Å². The lowest BCUT2D eigenvalue weighted by molar-refractivity contribution is 0.575. The summed E-state index contributed by atoms with van der Waals surface area (Å²) in [6.45, 7) is 2.60. The molecule has 136 valence electrons. The van der Waals surface area contributed by atoms with Crippen molar-refractivity contribution in [2.45, 2.75) is 29.7 Å². The van der Waals surface area contributed by atoms with E-state index in [9.17, 15) is 12.8 Å². The molecule has 3 rings (SSSR count). The molecule has 0 atom stereocenters. The van der Waals surface area contributed by atoms with Crippen LogP contribution in [0.3, 0.4) is 0 Å². The van der Waals surface area contributed by atoms with Crippen molar-refractivity contribution in [3.8, 4) is 11.5 Å². The monoisotopic (exact) mass is 374 g/mol. The minimum Gasteiger partial charge on any atom is -0.419 e. The number of benzene rings is 2. The maximum Gasteiger partial charge on any atom is 0.233 e. The third-order valence-electron chi connectivity index (χ3n) is 3.81. The zero-order valence-electron chi connectivity index (χ0n) is 14.3. The Balaban J connectivity index is 2.06.